The lowest BCUT2D eigenvalue weighted by Gasteiger charge is -2.21. The van der Waals surface area contributed by atoms with Crippen molar-refractivity contribution < 1.29 is 18.3 Å². The number of nitrogens with one attached hydrogen (secondary N) is 1. The molecule has 1 aliphatic heterocycles. The van der Waals surface area contributed by atoms with Crippen molar-refractivity contribution in [2.24, 2.45) is 0 Å². The number of carbonyl (C=O) groups excluding carboxylic acids is 1. The van der Waals surface area contributed by atoms with Crippen molar-refractivity contribution in [1.29, 1.82) is 0 Å². The Morgan fingerprint density at radius 1 is 1.11 bits per heavy atom. The molecule has 1 amide bonds. The number of rotatable bonds is 3. The number of benzene rings is 2. The number of hydrogen-bond acceptors (Lipinski definition) is 3. The van der Waals surface area contributed by atoms with E-state index in [0.29, 0.717) is 23.5 Å². The Hall–Kier alpha value is -3.28. The molecule has 6 heteroatoms. The zero-order valence-electron chi connectivity index (χ0n) is 14.5. The lowest BCUT2D eigenvalue weighted by molar-refractivity contribution is 0.0939. The van der Waals surface area contributed by atoms with Gasteiger partial charge >= 0.3 is 0 Å². The van der Waals surface area contributed by atoms with E-state index in [4.69, 9.17) is 4.74 Å². The summed E-state index contributed by atoms with van der Waals surface area (Å²) in [6, 6.07) is 9.77. The summed E-state index contributed by atoms with van der Waals surface area (Å²) in [6.07, 6.45) is 3.48. The van der Waals surface area contributed by atoms with Gasteiger partial charge in [0, 0.05) is 35.2 Å². The molecule has 1 aliphatic rings. The first-order valence-electron chi connectivity index (χ1n) is 8.48. The fourth-order valence-electron chi connectivity index (χ4n) is 3.15. The summed E-state index contributed by atoms with van der Waals surface area (Å²) in [5, 5.41) is 2.76. The Morgan fingerprint density at radius 2 is 1.89 bits per heavy atom. The minimum Gasteiger partial charge on any atom is -0.488 e. The van der Waals surface area contributed by atoms with E-state index < -0.39 is 17.7 Å². The number of ether oxygens (including phenoxy) is 1. The molecule has 1 atom stereocenters. The van der Waals surface area contributed by atoms with Crippen molar-refractivity contribution in [3.63, 3.8) is 0 Å². The molecule has 1 N–H and O–H groups in total. The average molecular weight is 366 g/mol. The van der Waals surface area contributed by atoms with E-state index in [0.717, 1.165) is 22.8 Å². The molecule has 0 bridgehead atoms. The molecule has 0 radical (unpaired) electrons. The molecule has 136 valence electrons. The van der Waals surface area contributed by atoms with Crippen LogP contribution in [0.4, 0.5) is 8.78 Å². The molecular weight excluding hydrogens is 350 g/mol. The molecule has 0 saturated heterocycles. The highest BCUT2D eigenvalue weighted by atomic mass is 19.1. The Kier molecular flexibility index (Phi) is 4.32. The van der Waals surface area contributed by atoms with Crippen LogP contribution in [-0.2, 0) is 6.61 Å². The van der Waals surface area contributed by atoms with Crippen LogP contribution in [-0.4, -0.2) is 10.9 Å². The Balaban J connectivity index is 1.57. The topological polar surface area (TPSA) is 51.2 Å². The molecule has 2 aromatic carbocycles. The van der Waals surface area contributed by atoms with Crippen LogP contribution in [0.15, 0.2) is 54.9 Å². The zero-order chi connectivity index (χ0) is 19.0. The van der Waals surface area contributed by atoms with Gasteiger partial charge in [0.15, 0.2) is 0 Å². The normalized spacial score (nSPS) is 13.1. The highest BCUT2D eigenvalue weighted by molar-refractivity contribution is 5.96. The molecule has 0 aliphatic carbocycles. The van der Waals surface area contributed by atoms with E-state index in [1.807, 2.05) is 12.1 Å². The van der Waals surface area contributed by atoms with Crippen LogP contribution < -0.4 is 10.1 Å². The second-order valence-electron chi connectivity index (χ2n) is 6.43. The molecule has 0 fully saturated rings. The third-order valence-electron chi connectivity index (χ3n) is 4.55. The van der Waals surface area contributed by atoms with Crippen molar-refractivity contribution in [2.45, 2.75) is 19.6 Å². The van der Waals surface area contributed by atoms with Crippen molar-refractivity contribution in [3.8, 4) is 16.9 Å². The van der Waals surface area contributed by atoms with Gasteiger partial charge < -0.3 is 10.1 Å². The first-order valence-corrected chi connectivity index (χ1v) is 8.48. The van der Waals surface area contributed by atoms with Gasteiger partial charge in [-0.25, -0.2) is 8.78 Å². The summed E-state index contributed by atoms with van der Waals surface area (Å²) in [7, 11) is 0. The fourth-order valence-corrected chi connectivity index (χ4v) is 3.15. The SMILES string of the molecule is C[C@@H](NC(=O)c1ccc2c(c1)OCc1cnccc1-2)c1cc(F)cc(F)c1. The zero-order valence-corrected chi connectivity index (χ0v) is 14.5. The molecule has 2 heterocycles. The number of amides is 1. The van der Waals surface area contributed by atoms with Crippen LogP contribution in [0.5, 0.6) is 5.75 Å². The van der Waals surface area contributed by atoms with E-state index in [1.54, 1.807) is 31.5 Å². The Morgan fingerprint density at radius 3 is 2.67 bits per heavy atom. The maximum Gasteiger partial charge on any atom is 0.251 e. The standard InChI is InChI=1S/C21H16F2N2O2/c1-12(14-6-16(22)9-17(23)7-14)25-21(26)13-2-3-19-18-4-5-24-10-15(18)11-27-20(19)8-13/h2-10,12H,11H2,1H3,(H,25,26)/t12-/m1/s1. The van der Waals surface area contributed by atoms with Gasteiger partial charge in [0.1, 0.15) is 24.0 Å². The third kappa shape index (κ3) is 3.38. The van der Waals surface area contributed by atoms with Crippen LogP contribution in [0.25, 0.3) is 11.1 Å². The van der Waals surface area contributed by atoms with Gasteiger partial charge in [0.25, 0.3) is 5.91 Å². The number of nitrogens with zero attached hydrogens (tertiary/aromatic N) is 1. The average Bonchev–Trinajstić information content (AvgIpc) is 2.66. The van der Waals surface area contributed by atoms with Crippen LogP contribution in [0.3, 0.4) is 0 Å². The molecule has 27 heavy (non-hydrogen) atoms. The van der Waals surface area contributed by atoms with Gasteiger partial charge in [-0.1, -0.05) is 0 Å². The lowest BCUT2D eigenvalue weighted by Crippen LogP contribution is -2.27. The molecule has 4 rings (SSSR count). The summed E-state index contributed by atoms with van der Waals surface area (Å²) < 4.78 is 32.5. The monoisotopic (exact) mass is 366 g/mol. The molecule has 0 spiro atoms. The van der Waals surface area contributed by atoms with Gasteiger partial charge in [-0.05, 0) is 54.4 Å². The maximum absolute atomic E-state index is 13.4. The largest absolute Gasteiger partial charge is 0.488 e. The third-order valence-corrected chi connectivity index (χ3v) is 4.55. The second kappa shape index (κ2) is 6.79. The first-order chi connectivity index (χ1) is 13.0. The van der Waals surface area contributed by atoms with E-state index in [1.165, 1.54) is 12.1 Å². The van der Waals surface area contributed by atoms with E-state index >= 15 is 0 Å². The summed E-state index contributed by atoms with van der Waals surface area (Å²) in [5.74, 6) is -1.09. The van der Waals surface area contributed by atoms with Crippen molar-refractivity contribution in [2.75, 3.05) is 0 Å². The predicted molar refractivity (Wildman–Crippen MR) is 96.2 cm³/mol. The van der Waals surface area contributed by atoms with Gasteiger partial charge in [-0.15, -0.1) is 0 Å². The van der Waals surface area contributed by atoms with Crippen LogP contribution >= 0.6 is 0 Å². The molecule has 0 saturated carbocycles. The van der Waals surface area contributed by atoms with Gasteiger partial charge in [-0.2, -0.15) is 0 Å². The molecule has 3 aromatic rings. The van der Waals surface area contributed by atoms with Crippen molar-refractivity contribution in [3.05, 3.63) is 83.2 Å². The van der Waals surface area contributed by atoms with Crippen LogP contribution in [0.1, 0.15) is 34.5 Å². The van der Waals surface area contributed by atoms with Gasteiger partial charge in [0.2, 0.25) is 0 Å². The highest BCUT2D eigenvalue weighted by Gasteiger charge is 2.20. The Labute approximate surface area is 154 Å². The van der Waals surface area contributed by atoms with E-state index in [-0.39, 0.29) is 5.91 Å². The van der Waals surface area contributed by atoms with Crippen molar-refractivity contribution in [1.82, 2.24) is 10.3 Å². The van der Waals surface area contributed by atoms with Crippen LogP contribution in [0, 0.1) is 11.6 Å². The summed E-state index contributed by atoms with van der Waals surface area (Å²) in [5.41, 5.74) is 3.69. The molecule has 4 nitrogen and oxygen atoms in total. The first kappa shape index (κ1) is 17.1. The van der Waals surface area contributed by atoms with Gasteiger partial charge in [-0.3, -0.25) is 9.78 Å². The highest BCUT2D eigenvalue weighted by Crippen LogP contribution is 2.37. The van der Waals surface area contributed by atoms with Crippen LogP contribution in [0.2, 0.25) is 0 Å². The number of pyridine rings is 1. The van der Waals surface area contributed by atoms with Crippen molar-refractivity contribution >= 4 is 5.91 Å². The smallest absolute Gasteiger partial charge is 0.251 e. The fraction of sp³-hybridized carbons (Fsp3) is 0.143. The number of fused-ring (bicyclic) bond motifs is 3. The van der Waals surface area contributed by atoms with Gasteiger partial charge in [0.05, 0.1) is 6.04 Å². The Bertz CT molecular complexity index is 1020. The predicted octanol–water partition coefficient (Wildman–Crippen LogP) is 4.41. The number of carbonyl (C=O) groups is 1. The summed E-state index contributed by atoms with van der Waals surface area (Å²) in [4.78, 5) is 16.7. The second-order valence-corrected chi connectivity index (χ2v) is 6.43. The van der Waals surface area contributed by atoms with E-state index in [2.05, 4.69) is 10.3 Å². The molecular formula is C21H16F2N2O2. The van der Waals surface area contributed by atoms with E-state index in [9.17, 15) is 13.6 Å². The number of aromatic nitrogens is 1. The maximum atomic E-state index is 13.4. The molecule has 0 unspecified atom stereocenters. The summed E-state index contributed by atoms with van der Waals surface area (Å²) in [6.45, 7) is 2.06. The molecule has 1 aromatic heterocycles. The minimum absolute atomic E-state index is 0.348. The lowest BCUT2D eigenvalue weighted by atomic mass is 9.97. The number of hydrogen-bond donors (Lipinski definition) is 1. The minimum atomic E-state index is -0.679. The number of halogens is 2. The summed E-state index contributed by atoms with van der Waals surface area (Å²) >= 11 is 0. The quantitative estimate of drug-likeness (QED) is 0.747.